The highest BCUT2D eigenvalue weighted by atomic mass is 16.2. The Morgan fingerprint density at radius 2 is 1.95 bits per heavy atom. The van der Waals surface area contributed by atoms with Crippen LogP contribution in [-0.4, -0.2) is 61.5 Å². The summed E-state index contributed by atoms with van der Waals surface area (Å²) in [5.41, 5.74) is 0. The molecule has 2 fully saturated rings. The fraction of sp³-hybridized carbons (Fsp3) is 0.867. The van der Waals surface area contributed by atoms with Crippen LogP contribution in [-0.2, 0) is 9.59 Å². The van der Waals surface area contributed by atoms with Crippen molar-refractivity contribution in [3.8, 4) is 0 Å². The second kappa shape index (κ2) is 8.34. The molecular weight excluding hydrogens is 268 g/mol. The second-order valence-corrected chi connectivity index (χ2v) is 5.94. The topological polar surface area (TPSA) is 73.5 Å². The minimum atomic E-state index is -0.100. The Bertz CT molecular complexity index is 356. The normalized spacial score (nSPS) is 24.0. The van der Waals surface area contributed by atoms with Crippen molar-refractivity contribution in [3.63, 3.8) is 0 Å². The van der Waals surface area contributed by atoms with Crippen molar-refractivity contribution in [1.82, 2.24) is 20.9 Å². The number of nitrogens with one attached hydrogen (secondary N) is 3. The Labute approximate surface area is 127 Å². The van der Waals surface area contributed by atoms with Crippen LogP contribution in [0.3, 0.4) is 0 Å². The van der Waals surface area contributed by atoms with Gasteiger partial charge in [-0.05, 0) is 51.7 Å². The molecule has 2 rings (SSSR count). The van der Waals surface area contributed by atoms with Crippen LogP contribution in [0.1, 0.15) is 39.0 Å². The predicted octanol–water partition coefficient (Wildman–Crippen LogP) is -0.155. The average Bonchev–Trinajstić information content (AvgIpc) is 3.01. The van der Waals surface area contributed by atoms with Gasteiger partial charge in [0.2, 0.25) is 11.8 Å². The summed E-state index contributed by atoms with van der Waals surface area (Å²) in [6, 6.07) is 0.463. The number of amides is 2. The van der Waals surface area contributed by atoms with Crippen molar-refractivity contribution in [2.45, 2.75) is 51.1 Å². The number of hydrogen-bond acceptors (Lipinski definition) is 4. The van der Waals surface area contributed by atoms with Gasteiger partial charge in [-0.15, -0.1) is 0 Å². The van der Waals surface area contributed by atoms with Crippen LogP contribution in [0.5, 0.6) is 0 Å². The van der Waals surface area contributed by atoms with E-state index < -0.39 is 0 Å². The predicted molar refractivity (Wildman–Crippen MR) is 81.9 cm³/mol. The van der Waals surface area contributed by atoms with Crippen LogP contribution in [0.15, 0.2) is 0 Å². The van der Waals surface area contributed by atoms with Gasteiger partial charge in [0.1, 0.15) is 0 Å². The van der Waals surface area contributed by atoms with Crippen LogP contribution < -0.4 is 16.0 Å². The Hall–Kier alpha value is -1.14. The van der Waals surface area contributed by atoms with Gasteiger partial charge in [-0.25, -0.2) is 0 Å². The van der Waals surface area contributed by atoms with E-state index in [-0.39, 0.29) is 24.4 Å². The maximum Gasteiger partial charge on any atom is 0.239 e. The van der Waals surface area contributed by atoms with Crippen LogP contribution in [0.4, 0.5) is 0 Å². The molecule has 2 heterocycles. The lowest BCUT2D eigenvalue weighted by Gasteiger charge is -2.35. The number of nitrogens with zero attached hydrogens (tertiary/aromatic N) is 1. The molecular formula is C15H28N4O2. The van der Waals surface area contributed by atoms with Gasteiger partial charge in [0.05, 0.1) is 12.6 Å². The van der Waals surface area contributed by atoms with Crippen molar-refractivity contribution in [3.05, 3.63) is 0 Å². The molecule has 6 nitrogen and oxygen atoms in total. The van der Waals surface area contributed by atoms with E-state index in [1.54, 1.807) is 0 Å². The summed E-state index contributed by atoms with van der Waals surface area (Å²) < 4.78 is 0. The lowest BCUT2D eigenvalue weighted by molar-refractivity contribution is -0.129. The van der Waals surface area contributed by atoms with E-state index >= 15 is 0 Å². The first kappa shape index (κ1) is 16.2. The number of carbonyl (C=O) groups excluding carboxylic acids is 2. The lowest BCUT2D eigenvalue weighted by Crippen LogP contribution is -2.51. The van der Waals surface area contributed by atoms with Gasteiger partial charge < -0.3 is 16.0 Å². The van der Waals surface area contributed by atoms with Crippen molar-refractivity contribution >= 4 is 11.8 Å². The minimum absolute atomic E-state index is 0.0117. The summed E-state index contributed by atoms with van der Waals surface area (Å²) in [7, 11) is 0. The van der Waals surface area contributed by atoms with Crippen molar-refractivity contribution in [1.29, 1.82) is 0 Å². The van der Waals surface area contributed by atoms with E-state index in [2.05, 4.69) is 20.9 Å². The fourth-order valence-corrected chi connectivity index (χ4v) is 3.26. The van der Waals surface area contributed by atoms with Gasteiger partial charge >= 0.3 is 0 Å². The quantitative estimate of drug-likeness (QED) is 0.637. The Balaban J connectivity index is 1.78. The fourth-order valence-electron chi connectivity index (χ4n) is 3.26. The number of piperidine rings is 1. The number of carbonyl (C=O) groups is 2. The third-order valence-electron chi connectivity index (χ3n) is 4.37. The zero-order valence-electron chi connectivity index (χ0n) is 13.0. The van der Waals surface area contributed by atoms with Gasteiger partial charge in [0, 0.05) is 12.6 Å². The standard InChI is InChI=1S/C15H28N4O2/c1-2-7-17-14(20)11-18-15(21)13-4-3-10-19(13)12-5-8-16-9-6-12/h12-13,16H,2-11H2,1H3,(H,17,20)(H,18,21). The molecule has 0 saturated carbocycles. The zero-order valence-corrected chi connectivity index (χ0v) is 13.0. The summed E-state index contributed by atoms with van der Waals surface area (Å²) in [6.07, 6.45) is 5.11. The maximum absolute atomic E-state index is 12.3. The Kier molecular flexibility index (Phi) is 6.45. The molecule has 21 heavy (non-hydrogen) atoms. The summed E-state index contributed by atoms with van der Waals surface area (Å²) in [5, 5.41) is 8.93. The smallest absolute Gasteiger partial charge is 0.239 e. The summed E-state index contributed by atoms with van der Waals surface area (Å²) in [6.45, 7) is 5.84. The molecule has 0 spiro atoms. The first-order valence-electron chi connectivity index (χ1n) is 8.23. The molecule has 120 valence electrons. The first-order chi connectivity index (χ1) is 10.2. The van der Waals surface area contributed by atoms with Crippen LogP contribution in [0.2, 0.25) is 0 Å². The van der Waals surface area contributed by atoms with Gasteiger partial charge in [-0.1, -0.05) is 6.92 Å². The second-order valence-electron chi connectivity index (χ2n) is 5.94. The highest BCUT2D eigenvalue weighted by Crippen LogP contribution is 2.24. The SMILES string of the molecule is CCCNC(=O)CNC(=O)C1CCCN1C1CCNCC1. The van der Waals surface area contributed by atoms with Crippen molar-refractivity contribution < 1.29 is 9.59 Å². The van der Waals surface area contributed by atoms with E-state index in [1.807, 2.05) is 6.92 Å². The van der Waals surface area contributed by atoms with Gasteiger partial charge in [-0.3, -0.25) is 14.5 Å². The monoisotopic (exact) mass is 296 g/mol. The number of hydrogen-bond donors (Lipinski definition) is 3. The maximum atomic E-state index is 12.3. The third-order valence-corrected chi connectivity index (χ3v) is 4.37. The zero-order chi connectivity index (χ0) is 15.1. The molecule has 2 aliphatic heterocycles. The van der Waals surface area contributed by atoms with Gasteiger partial charge in [-0.2, -0.15) is 0 Å². The van der Waals surface area contributed by atoms with Crippen molar-refractivity contribution in [2.24, 2.45) is 0 Å². The van der Waals surface area contributed by atoms with E-state index in [4.69, 9.17) is 0 Å². The summed E-state index contributed by atoms with van der Waals surface area (Å²) in [4.78, 5) is 26.2. The average molecular weight is 296 g/mol. The minimum Gasteiger partial charge on any atom is -0.355 e. The molecule has 1 unspecified atom stereocenters. The van der Waals surface area contributed by atoms with Crippen LogP contribution in [0, 0.1) is 0 Å². The molecule has 0 aromatic heterocycles. The van der Waals surface area contributed by atoms with E-state index in [0.29, 0.717) is 12.6 Å². The largest absolute Gasteiger partial charge is 0.355 e. The Morgan fingerprint density at radius 1 is 1.19 bits per heavy atom. The van der Waals surface area contributed by atoms with Gasteiger partial charge in [0.15, 0.2) is 0 Å². The molecule has 2 saturated heterocycles. The number of rotatable bonds is 6. The van der Waals surface area contributed by atoms with Gasteiger partial charge in [0.25, 0.3) is 0 Å². The molecule has 2 aliphatic rings. The van der Waals surface area contributed by atoms with E-state index in [0.717, 1.165) is 51.7 Å². The van der Waals surface area contributed by atoms with E-state index in [9.17, 15) is 9.59 Å². The molecule has 0 bridgehead atoms. The third kappa shape index (κ3) is 4.68. The summed E-state index contributed by atoms with van der Waals surface area (Å²) >= 11 is 0. The number of likely N-dealkylation sites (tertiary alicyclic amines) is 1. The Morgan fingerprint density at radius 3 is 2.67 bits per heavy atom. The van der Waals surface area contributed by atoms with Crippen LogP contribution >= 0.6 is 0 Å². The molecule has 2 amide bonds. The molecule has 0 radical (unpaired) electrons. The molecule has 0 aliphatic carbocycles. The highest BCUT2D eigenvalue weighted by molar-refractivity contribution is 5.87. The first-order valence-corrected chi connectivity index (χ1v) is 8.23. The van der Waals surface area contributed by atoms with Crippen LogP contribution in [0.25, 0.3) is 0 Å². The molecule has 0 aromatic carbocycles. The lowest BCUT2D eigenvalue weighted by atomic mass is 10.0. The molecule has 3 N–H and O–H groups in total. The highest BCUT2D eigenvalue weighted by Gasteiger charge is 2.35. The van der Waals surface area contributed by atoms with E-state index in [1.165, 1.54) is 0 Å². The van der Waals surface area contributed by atoms with Crippen molar-refractivity contribution in [2.75, 3.05) is 32.7 Å². The summed E-state index contributed by atoms with van der Waals surface area (Å²) in [5.74, 6) is -0.0886. The molecule has 0 aromatic rings. The molecule has 6 heteroatoms. The molecule has 1 atom stereocenters.